The van der Waals surface area contributed by atoms with Crippen molar-refractivity contribution in [3.05, 3.63) is 29.3 Å². The van der Waals surface area contributed by atoms with Crippen LogP contribution in [0.2, 0.25) is 0 Å². The Morgan fingerprint density at radius 2 is 2.36 bits per heavy atom. The standard InChI is InChI=1S/C10H9NO3/c1-7-3-2-4-8(12)9(7)10(13)14-6-5-11/h2-4,12H,6H2,1H3. The molecule has 4 heteroatoms. The predicted molar refractivity (Wildman–Crippen MR) is 48.7 cm³/mol. The number of nitriles is 1. The minimum absolute atomic E-state index is 0.114. The van der Waals surface area contributed by atoms with Crippen LogP contribution < -0.4 is 0 Å². The highest BCUT2D eigenvalue weighted by atomic mass is 16.5. The van der Waals surface area contributed by atoms with Crippen LogP contribution in [0.1, 0.15) is 15.9 Å². The summed E-state index contributed by atoms with van der Waals surface area (Å²) in [6.07, 6.45) is 0. The maximum Gasteiger partial charge on any atom is 0.343 e. The van der Waals surface area contributed by atoms with E-state index in [0.717, 1.165) is 0 Å². The van der Waals surface area contributed by atoms with Gasteiger partial charge in [-0.25, -0.2) is 4.79 Å². The van der Waals surface area contributed by atoms with Crippen LogP contribution in [0.15, 0.2) is 18.2 Å². The first-order valence-electron chi connectivity index (χ1n) is 3.99. The highest BCUT2D eigenvalue weighted by Gasteiger charge is 2.14. The van der Waals surface area contributed by atoms with Gasteiger partial charge in [-0.3, -0.25) is 0 Å². The molecule has 0 amide bonds. The quantitative estimate of drug-likeness (QED) is 0.717. The Hall–Kier alpha value is -2.02. The number of hydrogen-bond acceptors (Lipinski definition) is 4. The fraction of sp³-hybridized carbons (Fsp3) is 0.200. The Balaban J connectivity index is 2.95. The van der Waals surface area contributed by atoms with Crippen molar-refractivity contribution < 1.29 is 14.6 Å². The number of nitrogens with zero attached hydrogens (tertiary/aromatic N) is 1. The third-order valence-corrected chi connectivity index (χ3v) is 1.72. The van der Waals surface area contributed by atoms with Gasteiger partial charge in [-0.15, -0.1) is 0 Å². The number of phenols is 1. The number of hydrogen-bond donors (Lipinski definition) is 1. The van der Waals surface area contributed by atoms with Crippen molar-refractivity contribution in [3.8, 4) is 11.8 Å². The number of phenolic OH excluding ortho intramolecular Hbond substituents is 1. The molecule has 0 aromatic heterocycles. The molecule has 1 aromatic rings. The topological polar surface area (TPSA) is 70.3 Å². The summed E-state index contributed by atoms with van der Waals surface area (Å²) in [4.78, 5) is 11.3. The second-order valence-corrected chi connectivity index (χ2v) is 2.70. The Morgan fingerprint density at radius 1 is 1.64 bits per heavy atom. The van der Waals surface area contributed by atoms with Gasteiger partial charge in [-0.05, 0) is 18.6 Å². The first kappa shape index (κ1) is 10.1. The Morgan fingerprint density at radius 3 is 2.93 bits per heavy atom. The highest BCUT2D eigenvalue weighted by molar-refractivity contribution is 5.94. The van der Waals surface area contributed by atoms with Gasteiger partial charge >= 0.3 is 5.97 Å². The molecule has 14 heavy (non-hydrogen) atoms. The van der Waals surface area contributed by atoms with Crippen LogP contribution >= 0.6 is 0 Å². The number of aryl methyl sites for hydroxylation is 1. The predicted octanol–water partition coefficient (Wildman–Crippen LogP) is 1.38. The zero-order valence-electron chi connectivity index (χ0n) is 7.65. The molecule has 0 aliphatic rings. The SMILES string of the molecule is Cc1cccc(O)c1C(=O)OCC#N. The van der Waals surface area contributed by atoms with Crippen LogP contribution in [-0.2, 0) is 4.74 Å². The molecule has 0 saturated carbocycles. The van der Waals surface area contributed by atoms with Gasteiger partial charge < -0.3 is 9.84 Å². The molecule has 0 atom stereocenters. The Bertz CT molecular complexity index is 373. The lowest BCUT2D eigenvalue weighted by Crippen LogP contribution is -2.07. The van der Waals surface area contributed by atoms with Gasteiger partial charge in [0.2, 0.25) is 0 Å². The fourth-order valence-electron chi connectivity index (χ4n) is 1.09. The summed E-state index contributed by atoms with van der Waals surface area (Å²) in [7, 11) is 0. The Labute approximate surface area is 81.4 Å². The minimum atomic E-state index is -0.679. The largest absolute Gasteiger partial charge is 0.507 e. The molecular formula is C10H9NO3. The molecule has 1 rings (SSSR count). The first-order valence-corrected chi connectivity index (χ1v) is 3.99. The minimum Gasteiger partial charge on any atom is -0.507 e. The maximum atomic E-state index is 11.3. The first-order chi connectivity index (χ1) is 6.66. The van der Waals surface area contributed by atoms with E-state index in [1.807, 2.05) is 0 Å². The molecule has 0 aliphatic heterocycles. The molecule has 0 heterocycles. The lowest BCUT2D eigenvalue weighted by Gasteiger charge is -2.05. The molecule has 4 nitrogen and oxygen atoms in total. The lowest BCUT2D eigenvalue weighted by atomic mass is 10.1. The van der Waals surface area contributed by atoms with Gasteiger partial charge in [0.1, 0.15) is 17.4 Å². The Kier molecular flexibility index (Phi) is 3.08. The average Bonchev–Trinajstić information content (AvgIpc) is 2.14. The summed E-state index contributed by atoms with van der Waals surface area (Å²) < 4.78 is 4.58. The summed E-state index contributed by atoms with van der Waals surface area (Å²) in [5, 5.41) is 17.6. The second kappa shape index (κ2) is 4.28. The van der Waals surface area contributed by atoms with E-state index >= 15 is 0 Å². The zero-order chi connectivity index (χ0) is 10.6. The van der Waals surface area contributed by atoms with Crippen molar-refractivity contribution in [2.45, 2.75) is 6.92 Å². The number of aromatic hydroxyl groups is 1. The molecule has 0 fully saturated rings. The van der Waals surface area contributed by atoms with Gasteiger partial charge in [-0.1, -0.05) is 12.1 Å². The molecule has 0 unspecified atom stereocenters. The van der Waals surface area contributed by atoms with Crippen molar-refractivity contribution in [3.63, 3.8) is 0 Å². The second-order valence-electron chi connectivity index (χ2n) is 2.70. The molecule has 0 bridgehead atoms. The highest BCUT2D eigenvalue weighted by Crippen LogP contribution is 2.20. The van der Waals surface area contributed by atoms with Crippen LogP contribution in [0.5, 0.6) is 5.75 Å². The summed E-state index contributed by atoms with van der Waals surface area (Å²) >= 11 is 0. The van der Waals surface area contributed by atoms with Crippen molar-refractivity contribution in [1.82, 2.24) is 0 Å². The van der Waals surface area contributed by atoms with Gasteiger partial charge in [0, 0.05) is 0 Å². The van der Waals surface area contributed by atoms with Crippen molar-refractivity contribution >= 4 is 5.97 Å². The van der Waals surface area contributed by atoms with Gasteiger partial charge in [-0.2, -0.15) is 5.26 Å². The third kappa shape index (κ3) is 2.02. The monoisotopic (exact) mass is 191 g/mol. The maximum absolute atomic E-state index is 11.3. The number of benzene rings is 1. The van der Waals surface area contributed by atoms with Crippen molar-refractivity contribution in [2.75, 3.05) is 6.61 Å². The van der Waals surface area contributed by atoms with Crippen LogP contribution in [0, 0.1) is 18.3 Å². The van der Waals surface area contributed by atoms with Crippen LogP contribution in [0.4, 0.5) is 0 Å². The van der Waals surface area contributed by atoms with E-state index in [1.165, 1.54) is 6.07 Å². The third-order valence-electron chi connectivity index (χ3n) is 1.72. The summed E-state index contributed by atoms with van der Waals surface area (Å²) in [6.45, 7) is 1.37. The summed E-state index contributed by atoms with van der Waals surface area (Å²) in [5.41, 5.74) is 0.732. The van der Waals surface area contributed by atoms with Crippen LogP contribution in [-0.4, -0.2) is 17.7 Å². The van der Waals surface area contributed by atoms with E-state index in [4.69, 9.17) is 5.26 Å². The molecule has 0 aliphatic carbocycles. The molecule has 72 valence electrons. The average molecular weight is 191 g/mol. The molecular weight excluding hydrogens is 182 g/mol. The molecule has 1 N–H and O–H groups in total. The van der Waals surface area contributed by atoms with Crippen LogP contribution in [0.25, 0.3) is 0 Å². The van der Waals surface area contributed by atoms with Crippen molar-refractivity contribution in [1.29, 1.82) is 5.26 Å². The number of carbonyl (C=O) groups is 1. The van der Waals surface area contributed by atoms with Crippen molar-refractivity contribution in [2.24, 2.45) is 0 Å². The summed E-state index contributed by atoms with van der Waals surface area (Å²) in [6, 6.07) is 6.40. The van der Waals surface area contributed by atoms with E-state index in [9.17, 15) is 9.90 Å². The van der Waals surface area contributed by atoms with Gasteiger partial charge in [0.15, 0.2) is 6.61 Å². The number of carbonyl (C=O) groups excluding carboxylic acids is 1. The van der Waals surface area contributed by atoms with Gasteiger partial charge in [0.25, 0.3) is 0 Å². The zero-order valence-corrected chi connectivity index (χ0v) is 7.65. The number of rotatable bonds is 2. The number of esters is 1. The molecule has 0 radical (unpaired) electrons. The molecule has 0 spiro atoms. The molecule has 0 saturated heterocycles. The smallest absolute Gasteiger partial charge is 0.343 e. The lowest BCUT2D eigenvalue weighted by molar-refractivity contribution is 0.0551. The van der Waals surface area contributed by atoms with E-state index < -0.39 is 5.97 Å². The normalized spacial score (nSPS) is 9.14. The van der Waals surface area contributed by atoms with E-state index in [-0.39, 0.29) is 17.9 Å². The number of ether oxygens (including phenoxy) is 1. The van der Waals surface area contributed by atoms with Gasteiger partial charge in [0.05, 0.1) is 0 Å². The van der Waals surface area contributed by atoms with E-state index in [0.29, 0.717) is 5.56 Å². The van der Waals surface area contributed by atoms with Crippen LogP contribution in [0.3, 0.4) is 0 Å². The fourth-order valence-corrected chi connectivity index (χ4v) is 1.09. The van der Waals surface area contributed by atoms with E-state index in [2.05, 4.69) is 4.74 Å². The molecule has 1 aromatic carbocycles. The summed E-state index contributed by atoms with van der Waals surface area (Å²) in [5.74, 6) is -0.810. The van der Waals surface area contributed by atoms with E-state index in [1.54, 1.807) is 25.1 Å².